The summed E-state index contributed by atoms with van der Waals surface area (Å²) >= 11 is 0. The molecule has 0 bridgehead atoms. The van der Waals surface area contributed by atoms with Crippen molar-refractivity contribution in [2.24, 2.45) is 0 Å². The van der Waals surface area contributed by atoms with E-state index in [1.54, 1.807) is 60.7 Å². The SMILES string of the molecule is COc1c(F)c(C(=O)O[C@@H]2Cc3c(OCc4ccccc4)cc(OCc4ccccc4)cc3O[C@H]2c2cc(OCc3ccccc3)c(OCc3ccccc3)c(OCc3ccccc3)c2)c(F)c(OCc2ccccc2)c1OCc1ccccc1. The minimum atomic E-state index is -1.38. The summed E-state index contributed by atoms with van der Waals surface area (Å²) < 4.78 is 99.7. The first kappa shape index (κ1) is 56.6. The van der Waals surface area contributed by atoms with E-state index in [1.807, 2.05) is 176 Å². The number of fused-ring (bicyclic) bond motifs is 1. The molecule has 10 aromatic carbocycles. The first-order valence-corrected chi connectivity index (χ1v) is 27.8. The van der Waals surface area contributed by atoms with E-state index in [0.29, 0.717) is 45.3 Å². The Kier molecular flexibility index (Phi) is 18.4. The van der Waals surface area contributed by atoms with Gasteiger partial charge in [0.25, 0.3) is 0 Å². The molecular weight excluding hydrogens is 1080 g/mol. The van der Waals surface area contributed by atoms with Crippen molar-refractivity contribution in [1.29, 1.82) is 0 Å². The van der Waals surface area contributed by atoms with Gasteiger partial charge in [-0.3, -0.25) is 0 Å². The standard InChI is InChI=1S/C72H60F2O11/c1-76-69-65(73)64(66(74)70(82-47-54-33-19-7-20-34-54)71(69)83-48-55-35-21-8-22-36-55)72(75)85-63-41-58-59(78-43-50-25-11-3-12-26-50)39-57(77-42-49-23-9-2-10-24-49)40-60(58)84-67(63)56-37-61(79-44-51-27-13-4-14-28-51)68(81-46-53-31-17-6-18-32-53)62(38-56)80-45-52-29-15-5-16-30-52/h2-40,63,67H,41-48H2,1H3/t63-,67+/m1/s1. The van der Waals surface area contributed by atoms with Gasteiger partial charge in [-0.15, -0.1) is 0 Å². The number of esters is 1. The molecule has 0 spiro atoms. The molecule has 0 saturated carbocycles. The first-order valence-electron chi connectivity index (χ1n) is 27.8. The zero-order valence-corrected chi connectivity index (χ0v) is 46.6. The minimum Gasteiger partial charge on any atom is -0.490 e. The predicted octanol–water partition coefficient (Wildman–Crippen LogP) is 15.9. The second-order valence-corrected chi connectivity index (χ2v) is 20.0. The summed E-state index contributed by atoms with van der Waals surface area (Å²) in [6.07, 6.45) is -2.64. The highest BCUT2D eigenvalue weighted by atomic mass is 19.1. The topological polar surface area (TPSA) is 109 Å². The van der Waals surface area contributed by atoms with Gasteiger partial charge in [0.1, 0.15) is 75.2 Å². The summed E-state index contributed by atoms with van der Waals surface area (Å²) in [4.78, 5) is 15.2. The molecule has 0 N–H and O–H groups in total. The number of hydrogen-bond donors (Lipinski definition) is 0. The number of hydrogen-bond acceptors (Lipinski definition) is 11. The number of halogens is 2. The van der Waals surface area contributed by atoms with Crippen LogP contribution in [0.1, 0.15) is 66.5 Å². The molecule has 1 aliphatic rings. The maximum atomic E-state index is 17.6. The average Bonchev–Trinajstić information content (AvgIpc) is 3.36. The van der Waals surface area contributed by atoms with E-state index in [4.69, 9.17) is 47.4 Å². The lowest BCUT2D eigenvalue weighted by atomic mass is 9.93. The molecule has 0 aliphatic carbocycles. The van der Waals surface area contributed by atoms with Crippen LogP contribution in [0.5, 0.6) is 51.7 Å². The molecule has 0 unspecified atom stereocenters. The van der Waals surface area contributed by atoms with Crippen LogP contribution in [0.2, 0.25) is 0 Å². The number of ether oxygens (including phenoxy) is 10. The van der Waals surface area contributed by atoms with Crippen molar-refractivity contribution in [2.75, 3.05) is 7.11 Å². The van der Waals surface area contributed by atoms with Gasteiger partial charge in [0.2, 0.25) is 23.0 Å². The lowest BCUT2D eigenvalue weighted by Crippen LogP contribution is -2.35. The Hall–Kier alpha value is -10.3. The lowest BCUT2D eigenvalue weighted by Gasteiger charge is -2.35. The van der Waals surface area contributed by atoms with Crippen LogP contribution >= 0.6 is 0 Å². The largest absolute Gasteiger partial charge is 0.490 e. The van der Waals surface area contributed by atoms with Crippen LogP contribution in [0.25, 0.3) is 0 Å². The molecule has 0 aromatic heterocycles. The molecule has 1 heterocycles. The van der Waals surface area contributed by atoms with Crippen molar-refractivity contribution in [3.63, 3.8) is 0 Å². The van der Waals surface area contributed by atoms with Gasteiger partial charge in [0, 0.05) is 29.7 Å². The third-order valence-electron chi connectivity index (χ3n) is 14.1. The van der Waals surface area contributed by atoms with Gasteiger partial charge in [-0.05, 0) is 51.1 Å². The maximum absolute atomic E-state index is 17.6. The molecule has 0 saturated heterocycles. The molecular formula is C72H60F2O11. The van der Waals surface area contributed by atoms with Gasteiger partial charge < -0.3 is 47.4 Å². The molecule has 0 fully saturated rings. The highest BCUT2D eigenvalue weighted by molar-refractivity contribution is 5.92. The van der Waals surface area contributed by atoms with Crippen molar-refractivity contribution < 1.29 is 60.9 Å². The van der Waals surface area contributed by atoms with Crippen LogP contribution < -0.4 is 42.6 Å². The van der Waals surface area contributed by atoms with Crippen LogP contribution in [-0.2, 0) is 57.4 Å². The Morgan fingerprint density at radius 3 is 1.18 bits per heavy atom. The van der Waals surface area contributed by atoms with E-state index >= 15 is 13.6 Å². The zero-order chi connectivity index (χ0) is 58.2. The van der Waals surface area contributed by atoms with Gasteiger partial charge in [0.05, 0.1) is 7.11 Å². The number of rotatable bonds is 25. The molecule has 0 amide bonds. The van der Waals surface area contributed by atoms with Gasteiger partial charge in [-0.2, -0.15) is 0 Å². The highest BCUT2D eigenvalue weighted by Crippen LogP contribution is 2.50. The molecule has 1 aliphatic heterocycles. The van der Waals surface area contributed by atoms with Gasteiger partial charge >= 0.3 is 5.97 Å². The minimum absolute atomic E-state index is 0.0858. The summed E-state index contributed by atoms with van der Waals surface area (Å²) in [6.45, 7) is 0.502. The van der Waals surface area contributed by atoms with Crippen molar-refractivity contribution in [3.05, 3.63) is 304 Å². The third kappa shape index (κ3) is 14.3. The van der Waals surface area contributed by atoms with Gasteiger partial charge in [-0.25, -0.2) is 13.6 Å². The Balaban J connectivity index is 1.04. The first-order chi connectivity index (χ1) is 41.8. The van der Waals surface area contributed by atoms with E-state index in [2.05, 4.69) is 0 Å². The fourth-order valence-electron chi connectivity index (χ4n) is 9.72. The second kappa shape index (κ2) is 27.7. The van der Waals surface area contributed by atoms with Crippen LogP contribution in [0.3, 0.4) is 0 Å². The van der Waals surface area contributed by atoms with Crippen LogP contribution in [0.4, 0.5) is 8.78 Å². The van der Waals surface area contributed by atoms with E-state index in [9.17, 15) is 0 Å². The summed E-state index contributed by atoms with van der Waals surface area (Å²) in [6, 6.07) is 73.4. The monoisotopic (exact) mass is 1140 g/mol. The number of benzene rings is 10. The van der Waals surface area contributed by atoms with E-state index in [0.717, 1.165) is 27.8 Å². The molecule has 13 heteroatoms. The smallest absolute Gasteiger partial charge is 0.344 e. The Bertz CT molecular complexity index is 3720. The van der Waals surface area contributed by atoms with Crippen molar-refractivity contribution in [1.82, 2.24) is 0 Å². The van der Waals surface area contributed by atoms with Gasteiger partial charge in [0.15, 0.2) is 29.2 Å². The number of methoxy groups -OCH3 is 1. The summed E-state index contributed by atoms with van der Waals surface area (Å²) in [5, 5.41) is 0. The fourth-order valence-corrected chi connectivity index (χ4v) is 9.72. The summed E-state index contributed by atoms with van der Waals surface area (Å²) in [7, 11) is 1.20. The van der Waals surface area contributed by atoms with Crippen molar-refractivity contribution >= 4 is 5.97 Å². The maximum Gasteiger partial charge on any atom is 0.344 e. The van der Waals surface area contributed by atoms with E-state index in [1.165, 1.54) is 7.11 Å². The normalized spacial score (nSPS) is 13.3. The Morgan fingerprint density at radius 2 is 0.765 bits per heavy atom. The summed E-state index contributed by atoms with van der Waals surface area (Å²) in [5.41, 5.74) is 5.63. The Morgan fingerprint density at radius 1 is 0.412 bits per heavy atom. The second-order valence-electron chi connectivity index (χ2n) is 20.0. The van der Waals surface area contributed by atoms with Crippen molar-refractivity contribution in [2.45, 2.75) is 64.9 Å². The van der Waals surface area contributed by atoms with Crippen LogP contribution in [-0.4, -0.2) is 19.2 Å². The quantitative estimate of drug-likeness (QED) is 0.0510. The van der Waals surface area contributed by atoms with Crippen molar-refractivity contribution in [3.8, 4) is 51.7 Å². The Labute approximate surface area is 492 Å². The zero-order valence-electron chi connectivity index (χ0n) is 46.6. The number of carbonyl (C=O) groups is 1. The predicted molar refractivity (Wildman–Crippen MR) is 317 cm³/mol. The van der Waals surface area contributed by atoms with Crippen LogP contribution in [0.15, 0.2) is 237 Å². The highest BCUT2D eigenvalue weighted by Gasteiger charge is 2.41. The molecule has 2 atom stereocenters. The molecule has 11 rings (SSSR count). The fraction of sp³-hybridized carbons (Fsp3) is 0.153. The lowest BCUT2D eigenvalue weighted by molar-refractivity contribution is -0.0199. The average molecular weight is 1140 g/mol. The molecule has 10 aromatic rings. The van der Waals surface area contributed by atoms with E-state index < -0.39 is 46.9 Å². The molecule has 0 radical (unpaired) electrons. The summed E-state index contributed by atoms with van der Waals surface area (Å²) in [5.74, 6) is -3.64. The van der Waals surface area contributed by atoms with Crippen LogP contribution in [0, 0.1) is 11.6 Å². The molecule has 428 valence electrons. The third-order valence-corrected chi connectivity index (χ3v) is 14.1. The number of carbonyl (C=O) groups excluding carboxylic acids is 1. The van der Waals surface area contributed by atoms with E-state index in [-0.39, 0.29) is 69.9 Å². The van der Waals surface area contributed by atoms with Gasteiger partial charge in [-0.1, -0.05) is 212 Å². The molecule has 11 nitrogen and oxygen atoms in total. The molecule has 85 heavy (non-hydrogen) atoms.